The fourth-order valence-electron chi connectivity index (χ4n) is 3.20. The maximum atomic E-state index is 13.3. The van der Waals surface area contributed by atoms with E-state index in [4.69, 9.17) is 4.74 Å². The summed E-state index contributed by atoms with van der Waals surface area (Å²) in [6, 6.07) is 13.6. The van der Waals surface area contributed by atoms with Crippen LogP contribution in [0.1, 0.15) is 23.2 Å². The molecule has 0 aliphatic carbocycles. The number of hydrogen-bond acceptors (Lipinski definition) is 5. The number of ether oxygens (including phenoxy) is 2. The average Bonchev–Trinajstić information content (AvgIpc) is 3.35. The molecule has 1 aliphatic heterocycles. The first-order chi connectivity index (χ1) is 13.6. The summed E-state index contributed by atoms with van der Waals surface area (Å²) >= 11 is 1.38. The van der Waals surface area contributed by atoms with Crippen molar-refractivity contribution >= 4 is 32.6 Å². The molecule has 1 saturated heterocycles. The lowest BCUT2D eigenvalue weighted by atomic mass is 10.1. The zero-order valence-electron chi connectivity index (χ0n) is 14.9. The van der Waals surface area contributed by atoms with Gasteiger partial charge in [-0.15, -0.1) is 0 Å². The smallest absolute Gasteiger partial charge is 0.387 e. The van der Waals surface area contributed by atoms with Gasteiger partial charge in [-0.25, -0.2) is 4.98 Å². The van der Waals surface area contributed by atoms with E-state index in [2.05, 4.69) is 9.72 Å². The van der Waals surface area contributed by atoms with Crippen molar-refractivity contribution in [3.8, 4) is 5.75 Å². The summed E-state index contributed by atoms with van der Waals surface area (Å²) in [7, 11) is 0. The van der Waals surface area contributed by atoms with Gasteiger partial charge in [0.05, 0.1) is 28.4 Å². The lowest BCUT2D eigenvalue weighted by Crippen LogP contribution is -2.37. The van der Waals surface area contributed by atoms with E-state index >= 15 is 0 Å². The lowest BCUT2D eigenvalue weighted by Gasteiger charge is -2.24. The molecule has 28 heavy (non-hydrogen) atoms. The number of aromatic nitrogens is 1. The molecular formula is C20H18F2N2O3S. The Bertz CT molecular complexity index is 940. The highest BCUT2D eigenvalue weighted by atomic mass is 32.1. The number of carbonyl (C=O) groups is 1. The number of hydrogen-bond donors (Lipinski definition) is 0. The quantitative estimate of drug-likeness (QED) is 0.596. The average molecular weight is 404 g/mol. The molecule has 2 aromatic carbocycles. The molecule has 0 N–H and O–H groups in total. The number of alkyl halides is 2. The predicted molar refractivity (Wildman–Crippen MR) is 103 cm³/mol. The number of amides is 1. The number of benzene rings is 2. The summed E-state index contributed by atoms with van der Waals surface area (Å²) in [5.41, 5.74) is 0.852. The summed E-state index contributed by atoms with van der Waals surface area (Å²) in [4.78, 5) is 19.4. The van der Waals surface area contributed by atoms with Gasteiger partial charge in [-0.2, -0.15) is 8.78 Å². The van der Waals surface area contributed by atoms with Crippen LogP contribution in [0.4, 0.5) is 13.9 Å². The summed E-state index contributed by atoms with van der Waals surface area (Å²) in [5.74, 6) is -0.591. The Morgan fingerprint density at radius 1 is 1.25 bits per heavy atom. The maximum Gasteiger partial charge on any atom is 0.387 e. The molecule has 5 nitrogen and oxygen atoms in total. The Balaban J connectivity index is 1.71. The second kappa shape index (κ2) is 8.20. The van der Waals surface area contributed by atoms with Crippen LogP contribution in [0.25, 0.3) is 10.2 Å². The van der Waals surface area contributed by atoms with E-state index in [0.717, 1.165) is 23.1 Å². The number of thiazole rings is 1. The number of carbonyl (C=O) groups excluding carboxylic acids is 1. The monoisotopic (exact) mass is 404 g/mol. The highest BCUT2D eigenvalue weighted by molar-refractivity contribution is 7.22. The third kappa shape index (κ3) is 3.98. The summed E-state index contributed by atoms with van der Waals surface area (Å²) < 4.78 is 36.7. The maximum absolute atomic E-state index is 13.3. The topological polar surface area (TPSA) is 51.7 Å². The molecule has 1 atom stereocenters. The molecule has 1 amide bonds. The zero-order valence-corrected chi connectivity index (χ0v) is 15.7. The molecule has 0 bridgehead atoms. The van der Waals surface area contributed by atoms with E-state index in [0.29, 0.717) is 18.3 Å². The van der Waals surface area contributed by atoms with E-state index in [-0.39, 0.29) is 17.4 Å². The predicted octanol–water partition coefficient (Wildman–Crippen LogP) is 4.72. The fraction of sp³-hybridized carbons (Fsp3) is 0.300. The standard InChI is InChI=1S/C20H18F2N2O3S/c21-19(22)27-16-9-3-1-7-14(16)18(25)24(12-13-6-5-11-26-13)20-23-15-8-2-4-10-17(15)28-20/h1-4,7-10,13,19H,5-6,11-12H2/t13-/m1/s1. The van der Waals surface area contributed by atoms with Gasteiger partial charge in [0, 0.05) is 6.61 Å². The van der Waals surface area contributed by atoms with Gasteiger partial charge in [0.2, 0.25) is 0 Å². The van der Waals surface area contributed by atoms with Gasteiger partial charge in [0.25, 0.3) is 5.91 Å². The van der Waals surface area contributed by atoms with Gasteiger partial charge in [-0.1, -0.05) is 35.6 Å². The van der Waals surface area contributed by atoms with Crippen LogP contribution in [0.5, 0.6) is 5.75 Å². The van der Waals surface area contributed by atoms with Gasteiger partial charge >= 0.3 is 6.61 Å². The van der Waals surface area contributed by atoms with Crippen molar-refractivity contribution in [3.05, 3.63) is 54.1 Å². The minimum absolute atomic E-state index is 0.0695. The van der Waals surface area contributed by atoms with Crippen molar-refractivity contribution in [1.29, 1.82) is 0 Å². The first kappa shape index (κ1) is 18.8. The Morgan fingerprint density at radius 2 is 2.04 bits per heavy atom. The zero-order chi connectivity index (χ0) is 19.5. The van der Waals surface area contributed by atoms with E-state index in [1.807, 2.05) is 24.3 Å². The second-order valence-electron chi connectivity index (χ2n) is 6.39. The molecule has 8 heteroatoms. The number of fused-ring (bicyclic) bond motifs is 1. The Hall–Kier alpha value is -2.58. The lowest BCUT2D eigenvalue weighted by molar-refractivity contribution is -0.0501. The van der Waals surface area contributed by atoms with Gasteiger partial charge in [0.15, 0.2) is 5.13 Å². The molecule has 4 rings (SSSR count). The Kier molecular flexibility index (Phi) is 5.50. The molecule has 0 radical (unpaired) electrons. The molecule has 0 spiro atoms. The minimum Gasteiger partial charge on any atom is -0.434 e. The Morgan fingerprint density at radius 3 is 2.79 bits per heavy atom. The molecule has 1 fully saturated rings. The molecule has 2 heterocycles. The number of halogens is 2. The third-order valence-corrected chi connectivity index (χ3v) is 5.56. The second-order valence-corrected chi connectivity index (χ2v) is 7.40. The van der Waals surface area contributed by atoms with Crippen LogP contribution in [0.3, 0.4) is 0 Å². The fourth-order valence-corrected chi connectivity index (χ4v) is 4.18. The van der Waals surface area contributed by atoms with E-state index in [9.17, 15) is 13.6 Å². The normalized spacial score (nSPS) is 16.6. The number of para-hydroxylation sites is 2. The van der Waals surface area contributed by atoms with Gasteiger partial charge in [-0.05, 0) is 37.1 Å². The number of nitrogens with zero attached hydrogens (tertiary/aromatic N) is 2. The minimum atomic E-state index is -3.01. The van der Waals surface area contributed by atoms with E-state index < -0.39 is 12.5 Å². The third-order valence-electron chi connectivity index (χ3n) is 4.50. The first-order valence-electron chi connectivity index (χ1n) is 8.94. The highest BCUT2D eigenvalue weighted by Crippen LogP contribution is 2.32. The molecule has 1 aliphatic rings. The molecule has 0 unspecified atom stereocenters. The van der Waals surface area contributed by atoms with Crippen molar-refractivity contribution in [1.82, 2.24) is 4.98 Å². The van der Waals surface area contributed by atoms with E-state index in [1.54, 1.807) is 12.1 Å². The largest absolute Gasteiger partial charge is 0.434 e. The van der Waals surface area contributed by atoms with Gasteiger partial charge < -0.3 is 9.47 Å². The van der Waals surface area contributed by atoms with Gasteiger partial charge in [0.1, 0.15) is 5.75 Å². The van der Waals surface area contributed by atoms with Crippen LogP contribution in [0.15, 0.2) is 48.5 Å². The van der Waals surface area contributed by atoms with Crippen molar-refractivity contribution in [3.63, 3.8) is 0 Å². The van der Waals surface area contributed by atoms with Crippen LogP contribution >= 0.6 is 11.3 Å². The molecular weight excluding hydrogens is 386 g/mol. The number of anilines is 1. The molecule has 146 valence electrons. The first-order valence-corrected chi connectivity index (χ1v) is 9.76. The summed E-state index contributed by atoms with van der Waals surface area (Å²) in [5, 5.41) is 0.508. The van der Waals surface area contributed by atoms with Crippen LogP contribution in [-0.2, 0) is 4.74 Å². The van der Waals surface area contributed by atoms with Crippen molar-refractivity contribution < 1.29 is 23.0 Å². The van der Waals surface area contributed by atoms with E-state index in [1.165, 1.54) is 28.4 Å². The van der Waals surface area contributed by atoms with Crippen LogP contribution < -0.4 is 9.64 Å². The summed E-state index contributed by atoms with van der Waals surface area (Å²) in [6.07, 6.45) is 1.65. The van der Waals surface area contributed by atoms with Crippen LogP contribution in [-0.4, -0.2) is 36.8 Å². The van der Waals surface area contributed by atoms with Crippen molar-refractivity contribution in [2.75, 3.05) is 18.1 Å². The molecule has 1 aromatic heterocycles. The molecule has 3 aromatic rings. The SMILES string of the molecule is O=C(c1ccccc1OC(F)F)N(C[C@H]1CCCO1)c1nc2ccccc2s1. The van der Waals surface area contributed by atoms with Gasteiger partial charge in [-0.3, -0.25) is 9.69 Å². The molecule has 0 saturated carbocycles. The summed E-state index contributed by atoms with van der Waals surface area (Å²) in [6.45, 7) is -2.05. The van der Waals surface area contributed by atoms with Crippen molar-refractivity contribution in [2.45, 2.75) is 25.6 Å². The Labute approximate surface area is 164 Å². The van der Waals surface area contributed by atoms with Crippen LogP contribution in [0.2, 0.25) is 0 Å². The van der Waals surface area contributed by atoms with Crippen molar-refractivity contribution in [2.24, 2.45) is 0 Å². The number of rotatable bonds is 6. The highest BCUT2D eigenvalue weighted by Gasteiger charge is 2.29. The van der Waals surface area contributed by atoms with Crippen LogP contribution in [0, 0.1) is 0 Å².